The Hall–Kier alpha value is -3.66. The molecule has 4 aromatic rings. The van der Waals surface area contributed by atoms with E-state index in [9.17, 15) is 14.7 Å². The molecule has 1 fully saturated rings. The summed E-state index contributed by atoms with van der Waals surface area (Å²) in [6, 6.07) is 16.6. The van der Waals surface area contributed by atoms with Crippen LogP contribution in [0.5, 0.6) is 0 Å². The first-order valence-corrected chi connectivity index (χ1v) is 18.6. The Morgan fingerprint density at radius 3 is 2.53 bits per heavy atom. The molecule has 0 spiro atoms. The van der Waals surface area contributed by atoms with Crippen LogP contribution >= 0.6 is 11.3 Å². The zero-order valence-electron chi connectivity index (χ0n) is 29.5. The minimum Gasteiger partial charge on any atom is -0.390 e. The minimum absolute atomic E-state index is 0.0536. The Morgan fingerprint density at radius 1 is 1.10 bits per heavy atom. The molecule has 1 aromatic carbocycles. The first-order valence-electron chi connectivity index (χ1n) is 17.8. The molecule has 2 aliphatic carbocycles. The Labute approximate surface area is 294 Å². The SMILES string of the molecule is CC(C)(C)Cc1nc2c(s1)[C@@H](NC[C@H](O)[C@H](Cc1ccccc1)NC(=O)c1cc(-c3ccccn3)c(=O)n(C3CCCC3)c1)CC(C)(C)C2. The van der Waals surface area contributed by atoms with E-state index in [2.05, 4.69) is 50.2 Å². The monoisotopic (exact) mass is 681 g/mol. The average Bonchev–Trinajstić information content (AvgIpc) is 3.73. The second-order valence-corrected chi connectivity index (χ2v) is 17.1. The van der Waals surface area contributed by atoms with Gasteiger partial charge in [-0.3, -0.25) is 14.6 Å². The van der Waals surface area contributed by atoms with Gasteiger partial charge in [0.25, 0.3) is 11.5 Å². The highest BCUT2D eigenvalue weighted by Gasteiger charge is 2.36. The first kappa shape index (κ1) is 35.2. The molecule has 49 heavy (non-hydrogen) atoms. The topological polar surface area (TPSA) is 109 Å². The van der Waals surface area contributed by atoms with Crippen molar-refractivity contribution in [1.82, 2.24) is 25.2 Å². The molecular formula is C40H51N5O3S. The van der Waals surface area contributed by atoms with Crippen LogP contribution in [0.25, 0.3) is 11.3 Å². The van der Waals surface area contributed by atoms with E-state index >= 15 is 0 Å². The predicted molar refractivity (Wildman–Crippen MR) is 197 cm³/mol. The summed E-state index contributed by atoms with van der Waals surface area (Å²) in [5.41, 5.74) is 3.64. The summed E-state index contributed by atoms with van der Waals surface area (Å²) in [5, 5.41) is 19.8. The fraction of sp³-hybridized carbons (Fsp3) is 0.500. The number of benzene rings is 1. The molecule has 0 aliphatic heterocycles. The largest absolute Gasteiger partial charge is 0.390 e. The zero-order valence-corrected chi connectivity index (χ0v) is 30.4. The quantitative estimate of drug-likeness (QED) is 0.156. The Kier molecular flexibility index (Phi) is 10.5. The van der Waals surface area contributed by atoms with E-state index in [1.165, 1.54) is 15.6 Å². The van der Waals surface area contributed by atoms with Crippen molar-refractivity contribution in [2.24, 2.45) is 10.8 Å². The number of nitrogens with one attached hydrogen (secondary N) is 2. The van der Waals surface area contributed by atoms with Gasteiger partial charge >= 0.3 is 0 Å². The Balaban J connectivity index is 1.25. The van der Waals surface area contributed by atoms with Crippen molar-refractivity contribution in [3.63, 3.8) is 0 Å². The van der Waals surface area contributed by atoms with Crippen LogP contribution in [0.3, 0.4) is 0 Å². The van der Waals surface area contributed by atoms with Gasteiger partial charge in [0.05, 0.1) is 39.7 Å². The molecule has 3 aromatic heterocycles. The number of aliphatic hydroxyl groups excluding tert-OH is 1. The molecule has 1 saturated carbocycles. The summed E-state index contributed by atoms with van der Waals surface area (Å²) in [5.74, 6) is -0.320. The second kappa shape index (κ2) is 14.7. The van der Waals surface area contributed by atoms with E-state index in [0.29, 0.717) is 29.8 Å². The van der Waals surface area contributed by atoms with Gasteiger partial charge in [0.15, 0.2) is 0 Å². The van der Waals surface area contributed by atoms with Crippen molar-refractivity contribution >= 4 is 17.2 Å². The van der Waals surface area contributed by atoms with Crippen LogP contribution in [0.1, 0.15) is 110 Å². The number of nitrogens with zero attached hydrogens (tertiary/aromatic N) is 3. The standard InChI is InChI=1S/C40H51N5O3S/c1-39(2,3)23-35-43-33-22-40(4,5)21-32(36(33)49-35)42-24-34(46)31(19-26-13-7-6-8-14-26)44-37(47)27-20-29(30-17-11-12-18-41-30)38(48)45(25-27)28-15-9-10-16-28/h6-8,11-14,17-18,20,25,28,31-32,34,42,46H,9-10,15-16,19,21-24H2,1-5H3,(H,44,47)/t31-,32-,34-/m0/s1. The molecule has 0 unspecified atom stereocenters. The number of hydrogen-bond donors (Lipinski definition) is 3. The lowest BCUT2D eigenvalue weighted by molar-refractivity contribution is 0.0817. The van der Waals surface area contributed by atoms with Crippen LogP contribution in [0.2, 0.25) is 0 Å². The molecule has 0 saturated heterocycles. The van der Waals surface area contributed by atoms with E-state index in [4.69, 9.17) is 4.98 Å². The lowest BCUT2D eigenvalue weighted by Gasteiger charge is -2.35. The molecule has 3 heterocycles. The van der Waals surface area contributed by atoms with Gasteiger partial charge in [-0.15, -0.1) is 11.3 Å². The molecule has 1 amide bonds. The molecule has 3 N–H and O–H groups in total. The van der Waals surface area contributed by atoms with E-state index in [0.717, 1.165) is 50.5 Å². The summed E-state index contributed by atoms with van der Waals surface area (Å²) in [6.45, 7) is 11.6. The smallest absolute Gasteiger partial charge is 0.260 e. The molecule has 0 radical (unpaired) electrons. The number of amides is 1. The predicted octanol–water partition coefficient (Wildman–Crippen LogP) is 7.08. The van der Waals surface area contributed by atoms with Crippen LogP contribution in [-0.2, 0) is 19.3 Å². The van der Waals surface area contributed by atoms with Crippen LogP contribution in [0.4, 0.5) is 0 Å². The fourth-order valence-electron chi connectivity index (χ4n) is 7.37. The van der Waals surface area contributed by atoms with Gasteiger partial charge in [0.1, 0.15) is 0 Å². The normalized spacial score (nSPS) is 18.9. The van der Waals surface area contributed by atoms with Gasteiger partial charge in [0, 0.05) is 42.3 Å². The van der Waals surface area contributed by atoms with Gasteiger partial charge in [0.2, 0.25) is 0 Å². The number of carbonyl (C=O) groups excluding carboxylic acids is 1. The number of aromatic nitrogens is 3. The highest BCUT2D eigenvalue weighted by molar-refractivity contribution is 7.11. The van der Waals surface area contributed by atoms with Crippen molar-refractivity contribution in [3.8, 4) is 11.3 Å². The number of hydrogen-bond acceptors (Lipinski definition) is 7. The second-order valence-electron chi connectivity index (χ2n) is 16.0. The number of carbonyl (C=O) groups is 1. The van der Waals surface area contributed by atoms with Crippen molar-refractivity contribution in [2.75, 3.05) is 6.54 Å². The molecule has 8 nitrogen and oxygen atoms in total. The van der Waals surface area contributed by atoms with Crippen molar-refractivity contribution < 1.29 is 9.90 Å². The maximum atomic E-state index is 14.1. The summed E-state index contributed by atoms with van der Waals surface area (Å²) < 4.78 is 1.74. The molecule has 260 valence electrons. The number of pyridine rings is 2. The molecule has 6 rings (SSSR count). The first-order chi connectivity index (χ1) is 23.3. The van der Waals surface area contributed by atoms with E-state index < -0.39 is 12.1 Å². The van der Waals surface area contributed by atoms with Crippen molar-refractivity contribution in [3.05, 3.63) is 104 Å². The van der Waals surface area contributed by atoms with Gasteiger partial charge in [-0.25, -0.2) is 4.98 Å². The highest BCUT2D eigenvalue weighted by Crippen LogP contribution is 2.44. The van der Waals surface area contributed by atoms with Crippen molar-refractivity contribution in [2.45, 2.75) is 110 Å². The fourth-order valence-corrected chi connectivity index (χ4v) is 8.83. The number of rotatable bonds is 11. The Bertz CT molecular complexity index is 1790. The van der Waals surface area contributed by atoms with E-state index in [1.54, 1.807) is 40.4 Å². The van der Waals surface area contributed by atoms with Gasteiger partial charge in [-0.1, -0.05) is 83.9 Å². The zero-order chi connectivity index (χ0) is 34.8. The molecule has 2 aliphatic rings. The maximum absolute atomic E-state index is 14.1. The molecule has 3 atom stereocenters. The number of aliphatic hydroxyl groups is 1. The third kappa shape index (κ3) is 8.74. The summed E-state index contributed by atoms with van der Waals surface area (Å²) >= 11 is 1.80. The molecule has 9 heteroatoms. The van der Waals surface area contributed by atoms with Gasteiger partial charge in [-0.2, -0.15) is 0 Å². The number of thiazole rings is 1. The third-order valence-electron chi connectivity index (χ3n) is 9.79. The van der Waals surface area contributed by atoms with E-state index in [-0.39, 0.29) is 34.4 Å². The van der Waals surface area contributed by atoms with Crippen molar-refractivity contribution in [1.29, 1.82) is 0 Å². The summed E-state index contributed by atoms with van der Waals surface area (Å²) in [7, 11) is 0. The van der Waals surface area contributed by atoms with Gasteiger partial charge < -0.3 is 20.3 Å². The van der Waals surface area contributed by atoms with Crippen LogP contribution < -0.4 is 16.2 Å². The van der Waals surface area contributed by atoms with Crippen LogP contribution in [0.15, 0.2) is 71.8 Å². The highest BCUT2D eigenvalue weighted by atomic mass is 32.1. The lowest BCUT2D eigenvalue weighted by Crippen LogP contribution is -2.49. The van der Waals surface area contributed by atoms with Crippen LogP contribution in [-0.4, -0.2) is 44.2 Å². The maximum Gasteiger partial charge on any atom is 0.260 e. The third-order valence-corrected chi connectivity index (χ3v) is 11.0. The molecular weight excluding hydrogens is 631 g/mol. The summed E-state index contributed by atoms with van der Waals surface area (Å²) in [6.07, 6.45) is 9.71. The van der Waals surface area contributed by atoms with E-state index in [1.807, 2.05) is 42.5 Å². The molecule has 0 bridgehead atoms. The van der Waals surface area contributed by atoms with Crippen LogP contribution in [0, 0.1) is 10.8 Å². The average molecular weight is 682 g/mol. The number of fused-ring (bicyclic) bond motifs is 1. The lowest BCUT2D eigenvalue weighted by atomic mass is 9.76. The minimum atomic E-state index is -0.865. The Morgan fingerprint density at radius 2 is 1.84 bits per heavy atom. The summed E-state index contributed by atoms with van der Waals surface area (Å²) in [4.78, 5) is 38.6. The van der Waals surface area contributed by atoms with Gasteiger partial charge in [-0.05, 0) is 66.7 Å².